The molecule has 0 saturated carbocycles. The molecule has 3 heterocycles. The molecular formula is C26H25N5O5S. The van der Waals surface area contributed by atoms with Crippen LogP contribution >= 0.6 is 11.3 Å². The van der Waals surface area contributed by atoms with Crippen molar-refractivity contribution in [2.24, 2.45) is 0 Å². The van der Waals surface area contributed by atoms with Gasteiger partial charge in [-0.05, 0) is 48.9 Å². The summed E-state index contributed by atoms with van der Waals surface area (Å²) in [7, 11) is 0. The molecule has 37 heavy (non-hydrogen) atoms. The zero-order chi connectivity index (χ0) is 25.8. The van der Waals surface area contributed by atoms with Gasteiger partial charge in [-0.25, -0.2) is 4.98 Å². The third-order valence-electron chi connectivity index (χ3n) is 5.97. The SMILES string of the molecule is CCOc1ccc2nc(N(Cc3cccnc3)C(=O)c3ccc(N4CCOCC4)c([N+](=O)[O-])c3)sc2c1. The van der Waals surface area contributed by atoms with Gasteiger partial charge in [0.25, 0.3) is 11.6 Å². The van der Waals surface area contributed by atoms with Crippen molar-refractivity contribution in [2.45, 2.75) is 13.5 Å². The van der Waals surface area contributed by atoms with Gasteiger partial charge in [0, 0.05) is 37.1 Å². The second-order valence-electron chi connectivity index (χ2n) is 8.37. The van der Waals surface area contributed by atoms with Gasteiger partial charge in [0.2, 0.25) is 0 Å². The van der Waals surface area contributed by atoms with Crippen molar-refractivity contribution >= 4 is 44.0 Å². The first-order chi connectivity index (χ1) is 18.0. The van der Waals surface area contributed by atoms with E-state index in [-0.39, 0.29) is 23.7 Å². The third kappa shape index (κ3) is 5.37. The van der Waals surface area contributed by atoms with E-state index in [1.807, 2.05) is 36.1 Å². The van der Waals surface area contributed by atoms with E-state index < -0.39 is 4.92 Å². The van der Waals surface area contributed by atoms with Crippen LogP contribution in [-0.2, 0) is 11.3 Å². The molecule has 2 aromatic heterocycles. The number of carbonyl (C=O) groups is 1. The Kier molecular flexibility index (Phi) is 7.24. The molecule has 5 rings (SSSR count). The van der Waals surface area contributed by atoms with Crippen molar-refractivity contribution in [3.63, 3.8) is 0 Å². The Morgan fingerprint density at radius 1 is 1.22 bits per heavy atom. The lowest BCUT2D eigenvalue weighted by Crippen LogP contribution is -2.36. The minimum atomic E-state index is -0.444. The van der Waals surface area contributed by atoms with Gasteiger partial charge in [-0.15, -0.1) is 0 Å². The number of pyridine rings is 1. The van der Waals surface area contributed by atoms with E-state index in [9.17, 15) is 14.9 Å². The molecular weight excluding hydrogens is 494 g/mol. The molecule has 0 radical (unpaired) electrons. The Labute approximate surface area is 217 Å². The van der Waals surface area contributed by atoms with Gasteiger partial charge in [-0.3, -0.25) is 24.8 Å². The van der Waals surface area contributed by atoms with E-state index in [1.54, 1.807) is 30.6 Å². The number of hydrogen-bond acceptors (Lipinski definition) is 9. The maximum absolute atomic E-state index is 13.8. The molecule has 2 aromatic carbocycles. The van der Waals surface area contributed by atoms with Crippen molar-refractivity contribution in [1.29, 1.82) is 0 Å². The predicted octanol–water partition coefficient (Wildman–Crippen LogP) is 4.68. The number of thiazole rings is 1. The summed E-state index contributed by atoms with van der Waals surface area (Å²) >= 11 is 1.36. The van der Waals surface area contributed by atoms with Crippen LogP contribution in [0.25, 0.3) is 10.2 Å². The largest absolute Gasteiger partial charge is 0.494 e. The Hall–Kier alpha value is -4.09. The van der Waals surface area contributed by atoms with E-state index in [0.29, 0.717) is 43.7 Å². The second-order valence-corrected chi connectivity index (χ2v) is 9.38. The Morgan fingerprint density at radius 3 is 2.78 bits per heavy atom. The highest BCUT2D eigenvalue weighted by molar-refractivity contribution is 7.22. The molecule has 0 aliphatic carbocycles. The standard InChI is InChI=1S/C26H25N5O5S/c1-2-36-20-6-7-21-24(15-20)37-26(28-21)30(17-18-4-3-9-27-16-18)25(32)19-5-8-22(23(14-19)31(33)34)29-10-12-35-13-11-29/h3-9,14-16H,2,10-13,17H2,1H3. The average molecular weight is 520 g/mol. The summed E-state index contributed by atoms with van der Waals surface area (Å²) in [5, 5.41) is 12.4. The molecule has 10 nitrogen and oxygen atoms in total. The number of carbonyl (C=O) groups excluding carboxylic acids is 1. The van der Waals surface area contributed by atoms with E-state index in [4.69, 9.17) is 14.5 Å². The molecule has 1 aliphatic rings. The second kappa shape index (κ2) is 10.9. The molecule has 190 valence electrons. The lowest BCUT2D eigenvalue weighted by molar-refractivity contribution is -0.384. The van der Waals surface area contributed by atoms with Crippen LogP contribution in [0.4, 0.5) is 16.5 Å². The number of rotatable bonds is 8. The molecule has 0 spiro atoms. The topological polar surface area (TPSA) is 111 Å². The average Bonchev–Trinajstić information content (AvgIpc) is 3.35. The van der Waals surface area contributed by atoms with Crippen molar-refractivity contribution in [3.05, 3.63) is 82.2 Å². The van der Waals surface area contributed by atoms with Crippen LogP contribution in [-0.4, -0.2) is 53.7 Å². The lowest BCUT2D eigenvalue weighted by Gasteiger charge is -2.28. The fourth-order valence-electron chi connectivity index (χ4n) is 4.20. The number of benzene rings is 2. The number of hydrogen-bond donors (Lipinski definition) is 0. The van der Waals surface area contributed by atoms with Crippen LogP contribution in [0.3, 0.4) is 0 Å². The van der Waals surface area contributed by atoms with E-state index in [0.717, 1.165) is 21.5 Å². The fraction of sp³-hybridized carbons (Fsp3) is 0.269. The summed E-state index contributed by atoms with van der Waals surface area (Å²) in [6, 6.07) is 13.9. The smallest absolute Gasteiger partial charge is 0.293 e. The minimum absolute atomic E-state index is 0.111. The van der Waals surface area contributed by atoms with Crippen LogP contribution in [0.15, 0.2) is 60.9 Å². The van der Waals surface area contributed by atoms with Gasteiger partial charge in [-0.2, -0.15) is 0 Å². The molecule has 1 saturated heterocycles. The molecule has 0 unspecified atom stereocenters. The summed E-state index contributed by atoms with van der Waals surface area (Å²) in [6.07, 6.45) is 3.35. The van der Waals surface area contributed by atoms with E-state index in [1.165, 1.54) is 22.3 Å². The van der Waals surface area contributed by atoms with Gasteiger partial charge in [0.1, 0.15) is 11.4 Å². The summed E-state index contributed by atoms with van der Waals surface area (Å²) in [6.45, 7) is 4.78. The summed E-state index contributed by atoms with van der Waals surface area (Å²) < 4.78 is 11.9. The van der Waals surface area contributed by atoms with E-state index in [2.05, 4.69) is 4.98 Å². The van der Waals surface area contributed by atoms with Gasteiger partial charge in [-0.1, -0.05) is 17.4 Å². The zero-order valence-corrected chi connectivity index (χ0v) is 21.0. The number of nitro groups is 1. The number of nitrogens with zero attached hydrogens (tertiary/aromatic N) is 5. The number of anilines is 2. The number of nitro benzene ring substituents is 1. The number of fused-ring (bicyclic) bond motifs is 1. The number of aromatic nitrogens is 2. The molecule has 0 N–H and O–H groups in total. The van der Waals surface area contributed by atoms with Crippen molar-refractivity contribution in [1.82, 2.24) is 9.97 Å². The monoisotopic (exact) mass is 519 g/mol. The molecule has 1 fully saturated rings. The van der Waals surface area contributed by atoms with Crippen molar-refractivity contribution < 1.29 is 19.2 Å². The summed E-state index contributed by atoms with van der Waals surface area (Å²) in [4.78, 5) is 37.7. The number of morpholine rings is 1. The van der Waals surface area contributed by atoms with Gasteiger partial charge in [0.05, 0.1) is 41.5 Å². The van der Waals surface area contributed by atoms with E-state index >= 15 is 0 Å². The normalized spacial score (nSPS) is 13.5. The molecule has 0 atom stereocenters. The van der Waals surface area contributed by atoms with Crippen LogP contribution in [0.2, 0.25) is 0 Å². The maximum Gasteiger partial charge on any atom is 0.293 e. The van der Waals surface area contributed by atoms with Crippen molar-refractivity contribution in [2.75, 3.05) is 42.7 Å². The van der Waals surface area contributed by atoms with Crippen LogP contribution < -0.4 is 14.5 Å². The van der Waals surface area contributed by atoms with Crippen LogP contribution in [0, 0.1) is 10.1 Å². The first-order valence-corrected chi connectivity index (χ1v) is 12.7. The number of amides is 1. The number of ether oxygens (including phenoxy) is 2. The van der Waals surface area contributed by atoms with Crippen LogP contribution in [0.1, 0.15) is 22.8 Å². The summed E-state index contributed by atoms with van der Waals surface area (Å²) in [5.41, 5.74) is 2.12. The van der Waals surface area contributed by atoms with Crippen molar-refractivity contribution in [3.8, 4) is 5.75 Å². The molecule has 1 aliphatic heterocycles. The highest BCUT2D eigenvalue weighted by Gasteiger charge is 2.27. The fourth-order valence-corrected chi connectivity index (χ4v) is 5.19. The molecule has 1 amide bonds. The predicted molar refractivity (Wildman–Crippen MR) is 142 cm³/mol. The quantitative estimate of drug-likeness (QED) is 0.244. The molecule has 4 aromatic rings. The molecule has 0 bridgehead atoms. The van der Waals surface area contributed by atoms with Crippen LogP contribution in [0.5, 0.6) is 5.75 Å². The maximum atomic E-state index is 13.8. The summed E-state index contributed by atoms with van der Waals surface area (Å²) in [5.74, 6) is 0.342. The zero-order valence-electron chi connectivity index (χ0n) is 20.2. The van der Waals surface area contributed by atoms with Gasteiger partial charge < -0.3 is 14.4 Å². The molecule has 11 heteroatoms. The van der Waals surface area contributed by atoms with Gasteiger partial charge >= 0.3 is 0 Å². The third-order valence-corrected chi connectivity index (χ3v) is 7.01. The minimum Gasteiger partial charge on any atom is -0.494 e. The highest BCUT2D eigenvalue weighted by Crippen LogP contribution is 2.35. The Morgan fingerprint density at radius 2 is 2.05 bits per heavy atom. The highest BCUT2D eigenvalue weighted by atomic mass is 32.1. The Bertz CT molecular complexity index is 1420. The Balaban J connectivity index is 1.53. The first-order valence-electron chi connectivity index (χ1n) is 11.9. The van der Waals surface area contributed by atoms with Gasteiger partial charge in [0.15, 0.2) is 5.13 Å². The lowest BCUT2D eigenvalue weighted by atomic mass is 10.1. The first kappa shape index (κ1) is 24.6.